The Hall–Kier alpha value is -2.81. The molecular weight excluding hydrogens is 454 g/mol. The van der Waals surface area contributed by atoms with Crippen LogP contribution in [0.3, 0.4) is 0 Å². The van der Waals surface area contributed by atoms with Crippen molar-refractivity contribution in [3.8, 4) is 0 Å². The van der Waals surface area contributed by atoms with Gasteiger partial charge in [-0.3, -0.25) is 14.7 Å². The van der Waals surface area contributed by atoms with Crippen molar-refractivity contribution in [2.24, 2.45) is 0 Å². The zero-order valence-electron chi connectivity index (χ0n) is 16.7. The standard InChI is InChI=1S/C22H18ClN3O3S2/c1-14-10-16(23)12-19-20(14)25-22(30-19)26(13-17-7-3-4-9-24-17)21(27)15-6-5-8-18(11-15)31(2,28)29/h3-12H,13H2,1-2H3. The normalized spacial score (nSPS) is 11.6. The molecule has 2 heterocycles. The first-order chi connectivity index (χ1) is 14.7. The van der Waals surface area contributed by atoms with Crippen LogP contribution < -0.4 is 4.90 Å². The lowest BCUT2D eigenvalue weighted by molar-refractivity contribution is 0.0984. The second-order valence-electron chi connectivity index (χ2n) is 7.08. The molecule has 0 aliphatic heterocycles. The van der Waals surface area contributed by atoms with E-state index in [-0.39, 0.29) is 22.9 Å². The number of hydrogen-bond donors (Lipinski definition) is 0. The summed E-state index contributed by atoms with van der Waals surface area (Å²) in [5.41, 5.74) is 2.62. The Morgan fingerprint density at radius 3 is 2.65 bits per heavy atom. The summed E-state index contributed by atoms with van der Waals surface area (Å²) in [6, 6.07) is 15.1. The molecule has 158 valence electrons. The van der Waals surface area contributed by atoms with Crippen LogP contribution in [0.4, 0.5) is 5.13 Å². The molecule has 2 aromatic carbocycles. The lowest BCUT2D eigenvalue weighted by Crippen LogP contribution is -2.30. The number of fused-ring (bicyclic) bond motifs is 1. The molecule has 0 saturated heterocycles. The fraction of sp³-hybridized carbons (Fsp3) is 0.136. The third kappa shape index (κ3) is 4.61. The predicted molar refractivity (Wildman–Crippen MR) is 124 cm³/mol. The third-order valence-electron chi connectivity index (χ3n) is 4.67. The molecule has 6 nitrogen and oxygen atoms in total. The summed E-state index contributed by atoms with van der Waals surface area (Å²) in [5.74, 6) is -0.362. The molecule has 0 aliphatic carbocycles. The zero-order chi connectivity index (χ0) is 22.2. The highest BCUT2D eigenvalue weighted by Gasteiger charge is 2.24. The Morgan fingerprint density at radius 2 is 1.94 bits per heavy atom. The van der Waals surface area contributed by atoms with E-state index >= 15 is 0 Å². The number of benzene rings is 2. The summed E-state index contributed by atoms with van der Waals surface area (Å²) in [6.45, 7) is 2.10. The highest BCUT2D eigenvalue weighted by atomic mass is 35.5. The van der Waals surface area contributed by atoms with Gasteiger partial charge in [-0.05, 0) is 55.0 Å². The maximum absolute atomic E-state index is 13.5. The molecule has 0 atom stereocenters. The van der Waals surface area contributed by atoms with Crippen molar-refractivity contribution in [2.75, 3.05) is 11.2 Å². The summed E-state index contributed by atoms with van der Waals surface area (Å²) in [7, 11) is -3.45. The van der Waals surface area contributed by atoms with E-state index in [0.717, 1.165) is 22.0 Å². The summed E-state index contributed by atoms with van der Waals surface area (Å²) in [5, 5.41) is 1.09. The Balaban J connectivity index is 1.82. The molecule has 0 bridgehead atoms. The van der Waals surface area contributed by atoms with Crippen LogP contribution >= 0.6 is 22.9 Å². The van der Waals surface area contributed by atoms with E-state index in [0.29, 0.717) is 15.8 Å². The number of rotatable bonds is 5. The Bertz CT molecular complexity index is 1390. The topological polar surface area (TPSA) is 80.2 Å². The monoisotopic (exact) mass is 471 g/mol. The van der Waals surface area contributed by atoms with Crippen molar-refractivity contribution in [3.63, 3.8) is 0 Å². The van der Waals surface area contributed by atoms with E-state index < -0.39 is 9.84 Å². The number of aromatic nitrogens is 2. The molecule has 0 aliphatic rings. The Labute approximate surface area is 189 Å². The second kappa shape index (κ2) is 8.37. The highest BCUT2D eigenvalue weighted by Crippen LogP contribution is 2.34. The first-order valence-corrected chi connectivity index (χ1v) is 12.4. The van der Waals surface area contributed by atoms with Crippen LogP contribution in [0.25, 0.3) is 10.2 Å². The highest BCUT2D eigenvalue weighted by molar-refractivity contribution is 7.90. The van der Waals surface area contributed by atoms with Crippen LogP contribution in [-0.2, 0) is 16.4 Å². The van der Waals surface area contributed by atoms with Crippen LogP contribution in [0.15, 0.2) is 65.7 Å². The minimum atomic E-state index is -3.45. The number of amides is 1. The molecule has 0 fully saturated rings. The number of halogens is 1. The smallest absolute Gasteiger partial charge is 0.260 e. The van der Waals surface area contributed by atoms with Gasteiger partial charge in [0.15, 0.2) is 15.0 Å². The maximum Gasteiger partial charge on any atom is 0.260 e. The molecule has 2 aromatic heterocycles. The zero-order valence-corrected chi connectivity index (χ0v) is 19.1. The van der Waals surface area contributed by atoms with Gasteiger partial charge in [-0.2, -0.15) is 0 Å². The van der Waals surface area contributed by atoms with Gasteiger partial charge in [-0.25, -0.2) is 13.4 Å². The molecule has 0 N–H and O–H groups in total. The van der Waals surface area contributed by atoms with Gasteiger partial charge in [0.05, 0.1) is 27.4 Å². The van der Waals surface area contributed by atoms with Crippen LogP contribution in [-0.4, -0.2) is 30.5 Å². The average Bonchev–Trinajstić information content (AvgIpc) is 3.16. The van der Waals surface area contributed by atoms with Crippen LogP contribution in [0.2, 0.25) is 5.02 Å². The van der Waals surface area contributed by atoms with Crippen LogP contribution in [0, 0.1) is 6.92 Å². The van der Waals surface area contributed by atoms with Crippen molar-refractivity contribution in [1.29, 1.82) is 0 Å². The van der Waals surface area contributed by atoms with Crippen molar-refractivity contribution in [3.05, 3.63) is 82.6 Å². The van der Waals surface area contributed by atoms with Gasteiger partial charge in [0.2, 0.25) is 0 Å². The molecule has 0 unspecified atom stereocenters. The number of nitrogens with zero attached hydrogens (tertiary/aromatic N) is 3. The van der Waals surface area contributed by atoms with Gasteiger partial charge in [-0.15, -0.1) is 0 Å². The second-order valence-corrected chi connectivity index (χ2v) is 10.5. The molecule has 9 heteroatoms. The predicted octanol–water partition coefficient (Wildman–Crippen LogP) is 4.90. The van der Waals surface area contributed by atoms with E-state index in [1.54, 1.807) is 24.4 Å². The van der Waals surface area contributed by atoms with Crippen LogP contribution in [0.1, 0.15) is 21.6 Å². The number of sulfone groups is 1. The van der Waals surface area contributed by atoms with Crippen LogP contribution in [0.5, 0.6) is 0 Å². The minimum Gasteiger partial charge on any atom is -0.278 e. The van der Waals surface area contributed by atoms with Gasteiger partial charge >= 0.3 is 0 Å². The van der Waals surface area contributed by atoms with Gasteiger partial charge in [0.1, 0.15) is 0 Å². The van der Waals surface area contributed by atoms with Gasteiger partial charge in [0, 0.05) is 23.0 Å². The lowest BCUT2D eigenvalue weighted by atomic mass is 10.2. The number of aryl methyl sites for hydroxylation is 1. The van der Waals surface area contributed by atoms with Gasteiger partial charge in [0.25, 0.3) is 5.91 Å². The fourth-order valence-corrected chi connectivity index (χ4v) is 5.24. The number of anilines is 1. The molecule has 1 amide bonds. The number of hydrogen-bond acceptors (Lipinski definition) is 6. The fourth-order valence-electron chi connectivity index (χ4n) is 3.15. The van der Waals surface area contributed by atoms with E-state index in [4.69, 9.17) is 11.6 Å². The van der Waals surface area contributed by atoms with E-state index in [2.05, 4.69) is 9.97 Å². The SMILES string of the molecule is Cc1cc(Cl)cc2sc(N(Cc3ccccn3)C(=O)c3cccc(S(C)(=O)=O)c3)nc12. The molecule has 0 saturated carbocycles. The molecule has 31 heavy (non-hydrogen) atoms. The van der Waals surface area contributed by atoms with Crippen molar-refractivity contribution in [1.82, 2.24) is 9.97 Å². The summed E-state index contributed by atoms with van der Waals surface area (Å²) >= 11 is 7.54. The van der Waals surface area contributed by atoms with Crippen molar-refractivity contribution < 1.29 is 13.2 Å². The van der Waals surface area contributed by atoms with E-state index in [1.807, 2.05) is 31.2 Å². The number of carbonyl (C=O) groups is 1. The van der Waals surface area contributed by atoms with E-state index in [9.17, 15) is 13.2 Å². The molecule has 4 aromatic rings. The minimum absolute atomic E-state index is 0.0862. The summed E-state index contributed by atoms with van der Waals surface area (Å²) < 4.78 is 24.8. The molecule has 4 rings (SSSR count). The maximum atomic E-state index is 13.5. The quantitative estimate of drug-likeness (QED) is 0.413. The number of thiazole rings is 1. The van der Waals surface area contributed by atoms with E-state index in [1.165, 1.54) is 28.4 Å². The third-order valence-corrected chi connectivity index (χ3v) is 7.02. The van der Waals surface area contributed by atoms with Crippen molar-refractivity contribution >= 4 is 54.0 Å². The summed E-state index contributed by atoms with van der Waals surface area (Å²) in [6.07, 6.45) is 2.77. The average molecular weight is 472 g/mol. The lowest BCUT2D eigenvalue weighted by Gasteiger charge is -2.20. The largest absolute Gasteiger partial charge is 0.278 e. The summed E-state index contributed by atoms with van der Waals surface area (Å²) in [4.78, 5) is 24.1. The van der Waals surface area contributed by atoms with Crippen molar-refractivity contribution in [2.45, 2.75) is 18.4 Å². The first-order valence-electron chi connectivity index (χ1n) is 9.31. The Kier molecular flexibility index (Phi) is 5.79. The number of carbonyl (C=O) groups excluding carboxylic acids is 1. The number of pyridine rings is 1. The first kappa shape index (κ1) is 21.4. The van der Waals surface area contributed by atoms with Gasteiger partial charge in [-0.1, -0.05) is 35.1 Å². The Morgan fingerprint density at radius 1 is 1.13 bits per heavy atom. The molecule has 0 radical (unpaired) electrons. The molecular formula is C22H18ClN3O3S2. The van der Waals surface area contributed by atoms with Gasteiger partial charge < -0.3 is 0 Å². The molecule has 0 spiro atoms.